The second kappa shape index (κ2) is 6.97. The number of phenols is 2. The van der Waals surface area contributed by atoms with Gasteiger partial charge in [0.1, 0.15) is 17.5 Å². The van der Waals surface area contributed by atoms with Crippen LogP contribution in [0.25, 0.3) is 10.9 Å². The number of ether oxygens (including phenoxy) is 2. The number of aromatic amines is 1. The molecule has 2 aromatic carbocycles. The average Bonchev–Trinajstić information content (AvgIpc) is 3.24. The first kappa shape index (κ1) is 21.0. The van der Waals surface area contributed by atoms with Crippen LogP contribution >= 0.6 is 0 Å². The highest BCUT2D eigenvalue weighted by Gasteiger charge is 2.53. The maximum Gasteiger partial charge on any atom is 0.163 e. The Balaban J connectivity index is 1.63. The summed E-state index contributed by atoms with van der Waals surface area (Å²) in [5.41, 5.74) is 6.06. The van der Waals surface area contributed by atoms with Crippen LogP contribution in [0.5, 0.6) is 23.0 Å². The molecule has 1 aromatic heterocycles. The SMILES string of the molecule is COc1c(C)cc2c(c1O)[C@@H]1C3Cc4c(O)c(C)c(OC)c5[nH]cc(c45)N3[C@@H](C#N)C(C2)N1C. The van der Waals surface area contributed by atoms with E-state index < -0.39 is 0 Å². The lowest BCUT2D eigenvalue weighted by atomic mass is 9.73. The number of likely N-dealkylation sites (N-methyl/N-ethyl adjacent to an activating group) is 1. The Morgan fingerprint density at radius 2 is 1.82 bits per heavy atom. The molecule has 34 heavy (non-hydrogen) atoms. The van der Waals surface area contributed by atoms with Crippen molar-refractivity contribution in [2.75, 3.05) is 26.2 Å². The van der Waals surface area contributed by atoms with Gasteiger partial charge in [-0.1, -0.05) is 6.07 Å². The minimum absolute atomic E-state index is 0.0432. The Kier molecular flexibility index (Phi) is 4.30. The number of benzene rings is 2. The van der Waals surface area contributed by atoms with Gasteiger partial charge in [-0.15, -0.1) is 0 Å². The number of aromatic nitrogens is 1. The number of nitrogens with one attached hydrogen (secondary N) is 1. The Hall–Kier alpha value is -3.57. The zero-order chi connectivity index (χ0) is 24.0. The number of aryl methyl sites for hydroxylation is 1. The average molecular weight is 461 g/mol. The number of nitriles is 1. The first-order valence-electron chi connectivity index (χ1n) is 11.5. The number of H-pyrrole nitrogens is 1. The molecule has 2 bridgehead atoms. The van der Waals surface area contributed by atoms with E-state index in [1.165, 1.54) is 0 Å². The minimum Gasteiger partial charge on any atom is -0.507 e. The van der Waals surface area contributed by atoms with E-state index in [4.69, 9.17) is 9.47 Å². The molecular formula is C26H28N4O4. The van der Waals surface area contributed by atoms with Gasteiger partial charge in [0.15, 0.2) is 11.5 Å². The zero-order valence-corrected chi connectivity index (χ0v) is 19.9. The van der Waals surface area contributed by atoms with Gasteiger partial charge >= 0.3 is 0 Å². The van der Waals surface area contributed by atoms with Gasteiger partial charge in [-0.2, -0.15) is 5.26 Å². The van der Waals surface area contributed by atoms with Gasteiger partial charge in [-0.3, -0.25) is 4.90 Å². The third-order valence-electron chi connectivity index (χ3n) is 8.24. The molecule has 6 rings (SSSR count). The third-order valence-corrected chi connectivity index (χ3v) is 8.24. The van der Waals surface area contributed by atoms with Crippen LogP contribution in [0, 0.1) is 25.2 Å². The van der Waals surface area contributed by atoms with E-state index in [1.54, 1.807) is 14.2 Å². The second-order valence-electron chi connectivity index (χ2n) is 9.69. The molecule has 3 aliphatic rings. The van der Waals surface area contributed by atoms with Crippen LogP contribution in [-0.2, 0) is 12.8 Å². The quantitative estimate of drug-likeness (QED) is 0.538. The van der Waals surface area contributed by atoms with Crippen LogP contribution in [0.2, 0.25) is 0 Å². The molecule has 3 N–H and O–H groups in total. The smallest absolute Gasteiger partial charge is 0.163 e. The summed E-state index contributed by atoms with van der Waals surface area (Å²) in [6.07, 6.45) is 3.11. The van der Waals surface area contributed by atoms with Crippen LogP contribution in [-0.4, -0.2) is 59.5 Å². The Morgan fingerprint density at radius 3 is 2.50 bits per heavy atom. The van der Waals surface area contributed by atoms with Crippen molar-refractivity contribution in [2.24, 2.45) is 0 Å². The third kappa shape index (κ3) is 2.35. The number of fused-ring (bicyclic) bond motifs is 7. The normalized spacial score (nSPS) is 25.0. The molecule has 3 aliphatic heterocycles. The second-order valence-corrected chi connectivity index (χ2v) is 9.69. The Labute approximate surface area is 197 Å². The summed E-state index contributed by atoms with van der Waals surface area (Å²) in [6.45, 7) is 3.79. The molecule has 0 amide bonds. The minimum atomic E-state index is -0.384. The van der Waals surface area contributed by atoms with Crippen molar-refractivity contribution in [3.8, 4) is 29.1 Å². The molecule has 0 saturated carbocycles. The molecular weight excluding hydrogens is 432 g/mol. The number of hydrogen-bond acceptors (Lipinski definition) is 7. The fourth-order valence-electron chi connectivity index (χ4n) is 6.83. The maximum atomic E-state index is 11.3. The molecule has 4 atom stereocenters. The van der Waals surface area contributed by atoms with Crippen LogP contribution in [0.15, 0.2) is 12.3 Å². The van der Waals surface area contributed by atoms with E-state index in [0.717, 1.165) is 38.8 Å². The summed E-state index contributed by atoms with van der Waals surface area (Å²) in [5.74, 6) is 1.50. The highest BCUT2D eigenvalue weighted by atomic mass is 16.5. The lowest BCUT2D eigenvalue weighted by Gasteiger charge is -2.58. The number of hydrogen-bond donors (Lipinski definition) is 3. The summed E-state index contributed by atoms with van der Waals surface area (Å²) >= 11 is 0. The van der Waals surface area contributed by atoms with Crippen LogP contribution in [0.1, 0.15) is 33.9 Å². The predicted octanol–water partition coefficient (Wildman–Crippen LogP) is 3.45. The highest BCUT2D eigenvalue weighted by molar-refractivity contribution is 6.03. The summed E-state index contributed by atoms with van der Waals surface area (Å²) in [7, 11) is 5.21. The van der Waals surface area contributed by atoms with Crippen LogP contribution in [0.4, 0.5) is 5.69 Å². The van der Waals surface area contributed by atoms with E-state index in [-0.39, 0.29) is 35.7 Å². The van der Waals surface area contributed by atoms with Crippen molar-refractivity contribution < 1.29 is 19.7 Å². The van der Waals surface area contributed by atoms with Crippen molar-refractivity contribution in [1.82, 2.24) is 9.88 Å². The number of rotatable bonds is 2. The van der Waals surface area contributed by atoms with Crippen molar-refractivity contribution in [2.45, 2.75) is 50.9 Å². The lowest BCUT2D eigenvalue weighted by molar-refractivity contribution is 0.0759. The van der Waals surface area contributed by atoms with Crippen molar-refractivity contribution >= 4 is 16.6 Å². The molecule has 0 spiro atoms. The molecule has 3 aromatic rings. The van der Waals surface area contributed by atoms with Crippen molar-refractivity contribution in [3.63, 3.8) is 0 Å². The number of piperazine rings is 1. The van der Waals surface area contributed by atoms with Gasteiger partial charge < -0.3 is 29.6 Å². The van der Waals surface area contributed by atoms with E-state index in [2.05, 4.69) is 26.9 Å². The number of phenolic OH excluding ortho intramolecular Hbond substituents is 2. The first-order valence-corrected chi connectivity index (χ1v) is 11.5. The standard InChI is InChI=1S/C26H28N4O4/c1-11-6-13-7-15-17(9-27)30-16(22(29(15)3)19(13)24(32)25(11)33-4)8-14-20-18(30)10-28-21(20)26(34-5)12(2)23(14)31/h6,10,15-17,22,28,31-32H,7-8H2,1-5H3/t15?,16?,17-,22-/m0/s1. The van der Waals surface area contributed by atoms with E-state index in [0.29, 0.717) is 29.9 Å². The summed E-state index contributed by atoms with van der Waals surface area (Å²) in [6, 6.07) is 3.91. The summed E-state index contributed by atoms with van der Waals surface area (Å²) < 4.78 is 11.2. The fraction of sp³-hybridized carbons (Fsp3) is 0.423. The molecule has 176 valence electrons. The molecule has 1 saturated heterocycles. The summed E-state index contributed by atoms with van der Waals surface area (Å²) in [5, 5.41) is 33.8. The highest BCUT2D eigenvalue weighted by Crippen LogP contribution is 2.55. The van der Waals surface area contributed by atoms with Crippen LogP contribution < -0.4 is 14.4 Å². The predicted molar refractivity (Wildman–Crippen MR) is 128 cm³/mol. The number of anilines is 1. The fourth-order valence-corrected chi connectivity index (χ4v) is 6.83. The van der Waals surface area contributed by atoms with Gasteiger partial charge in [0.2, 0.25) is 0 Å². The van der Waals surface area contributed by atoms with Crippen molar-refractivity contribution in [1.29, 1.82) is 5.26 Å². The largest absolute Gasteiger partial charge is 0.507 e. The monoisotopic (exact) mass is 460 g/mol. The number of methoxy groups -OCH3 is 2. The van der Waals surface area contributed by atoms with Crippen molar-refractivity contribution in [3.05, 3.63) is 40.1 Å². The molecule has 8 nitrogen and oxygen atoms in total. The van der Waals surface area contributed by atoms with Gasteiger partial charge in [-0.25, -0.2) is 0 Å². The zero-order valence-electron chi connectivity index (χ0n) is 19.9. The number of aromatic hydroxyl groups is 2. The van der Waals surface area contributed by atoms with Gasteiger partial charge in [-0.05, 0) is 44.9 Å². The molecule has 1 fully saturated rings. The topological polar surface area (TPSA) is 105 Å². The lowest BCUT2D eigenvalue weighted by Crippen LogP contribution is -2.67. The Morgan fingerprint density at radius 1 is 1.09 bits per heavy atom. The molecule has 8 heteroatoms. The van der Waals surface area contributed by atoms with E-state index >= 15 is 0 Å². The van der Waals surface area contributed by atoms with E-state index in [1.807, 2.05) is 27.1 Å². The maximum absolute atomic E-state index is 11.3. The Bertz CT molecular complexity index is 1400. The van der Waals surface area contributed by atoms with E-state index in [9.17, 15) is 15.5 Å². The van der Waals surface area contributed by atoms with Gasteiger partial charge in [0.25, 0.3) is 0 Å². The summed E-state index contributed by atoms with van der Waals surface area (Å²) in [4.78, 5) is 7.78. The van der Waals surface area contributed by atoms with Crippen LogP contribution in [0.3, 0.4) is 0 Å². The molecule has 0 radical (unpaired) electrons. The first-order chi connectivity index (χ1) is 16.3. The number of nitrogens with zero attached hydrogens (tertiary/aromatic N) is 3. The molecule has 2 unspecified atom stereocenters. The van der Waals surface area contributed by atoms with Gasteiger partial charge in [0, 0.05) is 34.3 Å². The van der Waals surface area contributed by atoms with Gasteiger partial charge in [0.05, 0.1) is 43.6 Å². The molecule has 0 aliphatic carbocycles. The molecule has 4 heterocycles.